The van der Waals surface area contributed by atoms with E-state index in [1.807, 2.05) is 21.7 Å². The van der Waals surface area contributed by atoms with Gasteiger partial charge in [-0.3, -0.25) is 4.79 Å². The highest BCUT2D eigenvalue weighted by Gasteiger charge is 2.32. The van der Waals surface area contributed by atoms with Crippen molar-refractivity contribution in [3.63, 3.8) is 0 Å². The zero-order valence-electron chi connectivity index (χ0n) is 23.4. The lowest BCUT2D eigenvalue weighted by Gasteiger charge is -2.36. The Kier molecular flexibility index (Phi) is 8.91. The van der Waals surface area contributed by atoms with Crippen molar-refractivity contribution < 1.29 is 14.3 Å². The van der Waals surface area contributed by atoms with Crippen LogP contribution < -0.4 is 0 Å². The monoisotopic (exact) mass is 528 g/mol. The van der Waals surface area contributed by atoms with E-state index < -0.39 is 0 Å². The zero-order valence-corrected chi connectivity index (χ0v) is 23.4. The second-order valence-electron chi connectivity index (χ2n) is 10.7. The van der Waals surface area contributed by atoms with Crippen LogP contribution in [-0.2, 0) is 22.7 Å². The Bertz CT molecular complexity index is 1280. The van der Waals surface area contributed by atoms with Gasteiger partial charge >= 0.3 is 0 Å². The molecule has 2 aliphatic heterocycles. The van der Waals surface area contributed by atoms with E-state index in [-0.39, 0.29) is 19.1 Å². The Morgan fingerprint density at radius 3 is 2.31 bits per heavy atom. The Morgan fingerprint density at radius 1 is 0.923 bits per heavy atom. The second-order valence-corrected chi connectivity index (χ2v) is 10.7. The maximum absolute atomic E-state index is 14.0. The van der Waals surface area contributed by atoms with Crippen LogP contribution in [0.5, 0.6) is 0 Å². The lowest BCUT2D eigenvalue weighted by molar-refractivity contribution is 0.0635. The van der Waals surface area contributed by atoms with E-state index >= 15 is 0 Å². The summed E-state index contributed by atoms with van der Waals surface area (Å²) in [5.41, 5.74) is 6.35. The van der Waals surface area contributed by atoms with Gasteiger partial charge in [-0.1, -0.05) is 54.1 Å². The molecular weight excluding hydrogens is 488 g/mol. The normalized spacial score (nSPS) is 16.9. The van der Waals surface area contributed by atoms with Crippen LogP contribution >= 0.6 is 0 Å². The van der Waals surface area contributed by atoms with Crippen molar-refractivity contribution in [3.05, 3.63) is 82.2 Å². The smallest absolute Gasteiger partial charge is 0.257 e. The average Bonchev–Trinajstić information content (AvgIpc) is 3.62. The number of rotatable bonds is 9. The Balaban J connectivity index is 1.42. The summed E-state index contributed by atoms with van der Waals surface area (Å²) in [7, 11) is 3.30. The molecule has 2 fully saturated rings. The number of piperidine rings is 1. The third-order valence-electron chi connectivity index (χ3n) is 7.90. The summed E-state index contributed by atoms with van der Waals surface area (Å²) in [6, 6.07) is 17.2. The molecule has 3 heterocycles. The van der Waals surface area contributed by atoms with Crippen LogP contribution in [0, 0.1) is 6.92 Å². The third kappa shape index (κ3) is 6.32. The largest absolute Gasteiger partial charge is 0.378 e. The van der Waals surface area contributed by atoms with Crippen LogP contribution in [-0.4, -0.2) is 71.9 Å². The Hall–Kier alpha value is -3.26. The third-order valence-corrected chi connectivity index (χ3v) is 7.90. The number of amides is 1. The summed E-state index contributed by atoms with van der Waals surface area (Å²) in [6.07, 6.45) is 8.84. The molecule has 0 unspecified atom stereocenters. The van der Waals surface area contributed by atoms with Gasteiger partial charge in [0.15, 0.2) is 0 Å². The molecule has 39 heavy (non-hydrogen) atoms. The number of hydrogen-bond acceptors (Lipinski definition) is 5. The van der Waals surface area contributed by atoms with Crippen LogP contribution in [0.4, 0.5) is 0 Å². The maximum Gasteiger partial charge on any atom is 0.257 e. The molecule has 0 bridgehead atoms. The van der Waals surface area contributed by atoms with Crippen molar-refractivity contribution in [1.29, 1.82) is 0 Å². The van der Waals surface area contributed by atoms with Crippen molar-refractivity contribution in [2.75, 3.05) is 40.4 Å². The van der Waals surface area contributed by atoms with Gasteiger partial charge in [0.2, 0.25) is 0 Å². The van der Waals surface area contributed by atoms with Gasteiger partial charge in [-0.2, -0.15) is 5.10 Å². The number of nitrogens with zero attached hydrogens (tertiary/aromatic N) is 4. The van der Waals surface area contributed by atoms with Crippen molar-refractivity contribution in [2.24, 2.45) is 0 Å². The van der Waals surface area contributed by atoms with Crippen molar-refractivity contribution in [2.45, 2.75) is 51.9 Å². The first kappa shape index (κ1) is 27.3. The standard InChI is InChI=1S/C32H40N4O3/c1-24-9-11-25(12-10-24)13-14-26-7-6-8-28(21-26)36-30(23-39-3)31(29(33-36)22-38-2)32(37)35-19-15-27(16-20-35)34-17-4-5-18-34/h6-14,21,27H,4-5,15-20,22-23H2,1-3H3/b14-13+. The number of aryl methyl sites for hydroxylation is 1. The molecule has 5 rings (SSSR count). The van der Waals surface area contributed by atoms with Gasteiger partial charge in [0, 0.05) is 33.4 Å². The molecule has 1 aromatic heterocycles. The molecule has 1 amide bonds. The van der Waals surface area contributed by atoms with E-state index in [9.17, 15) is 4.79 Å². The fraction of sp³-hybridized carbons (Fsp3) is 0.438. The first-order chi connectivity index (χ1) is 19.1. The summed E-state index contributed by atoms with van der Waals surface area (Å²) >= 11 is 0. The number of likely N-dealkylation sites (tertiary alicyclic amines) is 2. The highest BCUT2D eigenvalue weighted by atomic mass is 16.5. The summed E-state index contributed by atoms with van der Waals surface area (Å²) in [5, 5.41) is 4.88. The molecule has 0 saturated carbocycles. The molecule has 0 radical (unpaired) electrons. The van der Waals surface area contributed by atoms with Crippen molar-refractivity contribution >= 4 is 18.1 Å². The molecule has 0 spiro atoms. The quantitative estimate of drug-likeness (QED) is 0.351. The van der Waals surface area contributed by atoms with Gasteiger partial charge in [-0.05, 0) is 69.0 Å². The molecule has 2 aromatic carbocycles. The minimum absolute atomic E-state index is 0.0237. The predicted molar refractivity (Wildman–Crippen MR) is 155 cm³/mol. The number of hydrogen-bond donors (Lipinski definition) is 0. The molecule has 7 heteroatoms. The van der Waals surface area contributed by atoms with Crippen LogP contribution in [0.3, 0.4) is 0 Å². The Labute approximate surface area is 232 Å². The molecule has 2 saturated heterocycles. The zero-order chi connectivity index (χ0) is 27.2. The summed E-state index contributed by atoms with van der Waals surface area (Å²) in [6.45, 7) is 6.56. The Morgan fingerprint density at radius 2 is 1.62 bits per heavy atom. The molecule has 206 valence electrons. The number of ether oxygens (including phenoxy) is 2. The lowest BCUT2D eigenvalue weighted by atomic mass is 10.0. The first-order valence-corrected chi connectivity index (χ1v) is 14.0. The summed E-state index contributed by atoms with van der Waals surface area (Å²) in [5.74, 6) is 0.0237. The van der Waals surface area contributed by atoms with Crippen molar-refractivity contribution in [3.8, 4) is 5.69 Å². The second kappa shape index (κ2) is 12.7. The molecule has 0 N–H and O–H groups in total. The maximum atomic E-state index is 14.0. The van der Waals surface area contributed by atoms with Crippen LogP contribution in [0.25, 0.3) is 17.8 Å². The summed E-state index contributed by atoms with van der Waals surface area (Å²) < 4.78 is 12.9. The lowest BCUT2D eigenvalue weighted by Crippen LogP contribution is -2.46. The van der Waals surface area contributed by atoms with E-state index in [1.54, 1.807) is 14.2 Å². The first-order valence-electron chi connectivity index (χ1n) is 14.0. The molecule has 7 nitrogen and oxygen atoms in total. The summed E-state index contributed by atoms with van der Waals surface area (Å²) in [4.78, 5) is 18.5. The van der Waals surface area contributed by atoms with E-state index in [0.29, 0.717) is 17.3 Å². The number of carbonyl (C=O) groups is 1. The van der Waals surface area contributed by atoms with Gasteiger partial charge in [0.1, 0.15) is 5.69 Å². The number of methoxy groups -OCH3 is 2. The topological polar surface area (TPSA) is 59.8 Å². The van der Waals surface area contributed by atoms with Gasteiger partial charge in [0.05, 0.1) is 30.2 Å². The van der Waals surface area contributed by atoms with Crippen LogP contribution in [0.2, 0.25) is 0 Å². The van der Waals surface area contributed by atoms with Crippen LogP contribution in [0.1, 0.15) is 64.1 Å². The molecule has 0 aliphatic carbocycles. The highest BCUT2D eigenvalue weighted by Crippen LogP contribution is 2.27. The predicted octanol–water partition coefficient (Wildman–Crippen LogP) is 5.34. The molecule has 0 atom stereocenters. The van der Waals surface area contributed by atoms with Crippen LogP contribution in [0.15, 0.2) is 48.5 Å². The van der Waals surface area contributed by atoms with Crippen molar-refractivity contribution in [1.82, 2.24) is 19.6 Å². The van der Waals surface area contributed by atoms with Gasteiger partial charge in [-0.25, -0.2) is 4.68 Å². The van der Waals surface area contributed by atoms with E-state index in [2.05, 4.69) is 60.4 Å². The molecular formula is C32H40N4O3. The highest BCUT2D eigenvalue weighted by molar-refractivity contribution is 5.96. The fourth-order valence-corrected chi connectivity index (χ4v) is 5.80. The SMILES string of the molecule is COCc1nn(-c2cccc(/C=C/c3ccc(C)cc3)c2)c(COC)c1C(=O)N1CCC(N2CCCC2)CC1. The van der Waals surface area contributed by atoms with Gasteiger partial charge < -0.3 is 19.3 Å². The molecule has 3 aromatic rings. The van der Waals surface area contributed by atoms with Gasteiger partial charge in [-0.15, -0.1) is 0 Å². The number of carbonyl (C=O) groups excluding carboxylic acids is 1. The van der Waals surface area contributed by atoms with Gasteiger partial charge in [0.25, 0.3) is 5.91 Å². The number of benzene rings is 2. The van der Waals surface area contributed by atoms with E-state index in [4.69, 9.17) is 14.6 Å². The fourth-order valence-electron chi connectivity index (χ4n) is 5.80. The van der Waals surface area contributed by atoms with E-state index in [0.717, 1.165) is 48.4 Å². The minimum atomic E-state index is 0.0237. The number of aromatic nitrogens is 2. The molecule has 2 aliphatic rings. The van der Waals surface area contributed by atoms with E-state index in [1.165, 1.54) is 31.5 Å². The average molecular weight is 529 g/mol. The minimum Gasteiger partial charge on any atom is -0.378 e.